The Morgan fingerprint density at radius 3 is 2.76 bits per heavy atom. The molecular weight excluding hydrogens is 444 g/mol. The Balaban J connectivity index is 1.59. The Hall–Kier alpha value is -3.11. The molecule has 2 atom stereocenters. The van der Waals surface area contributed by atoms with Crippen molar-refractivity contribution in [3.05, 3.63) is 47.7 Å². The van der Waals surface area contributed by atoms with Crippen LogP contribution in [0.15, 0.2) is 46.5 Å². The Kier molecular flexibility index (Phi) is 6.31. The third-order valence-electron chi connectivity index (χ3n) is 5.87. The number of benzene rings is 1. The quantitative estimate of drug-likeness (QED) is 0.622. The highest BCUT2D eigenvalue weighted by molar-refractivity contribution is 7.89. The molecule has 1 fully saturated rings. The van der Waals surface area contributed by atoms with Crippen molar-refractivity contribution in [3.8, 4) is 5.88 Å². The maximum Gasteiger partial charge on any atom is 0.309 e. The van der Waals surface area contributed by atoms with Gasteiger partial charge in [-0.1, -0.05) is 17.7 Å². The molecule has 0 amide bonds. The van der Waals surface area contributed by atoms with E-state index in [1.807, 2.05) is 45.2 Å². The average molecular weight is 472 g/mol. The second kappa shape index (κ2) is 9.03. The number of aliphatic carboxylic acids is 1. The van der Waals surface area contributed by atoms with Gasteiger partial charge in [-0.15, -0.1) is 0 Å². The fourth-order valence-corrected chi connectivity index (χ4v) is 5.65. The first-order valence-electron chi connectivity index (χ1n) is 10.8. The van der Waals surface area contributed by atoms with Crippen LogP contribution in [0.5, 0.6) is 5.88 Å². The van der Waals surface area contributed by atoms with Crippen molar-refractivity contribution in [1.82, 2.24) is 9.29 Å². The van der Waals surface area contributed by atoms with Gasteiger partial charge in [-0.3, -0.25) is 4.79 Å². The summed E-state index contributed by atoms with van der Waals surface area (Å²) in [5.74, 6) is -0.588. The second-order valence-corrected chi connectivity index (χ2v) is 10.3. The first-order chi connectivity index (χ1) is 15.7. The molecule has 174 valence electrons. The van der Waals surface area contributed by atoms with Crippen molar-refractivity contribution in [1.29, 1.82) is 0 Å². The predicted octanol–water partition coefficient (Wildman–Crippen LogP) is 2.65. The molecule has 2 aromatic rings. The van der Waals surface area contributed by atoms with E-state index in [4.69, 9.17) is 4.74 Å². The highest BCUT2D eigenvalue weighted by atomic mass is 32.2. The fourth-order valence-electron chi connectivity index (χ4n) is 4.13. The summed E-state index contributed by atoms with van der Waals surface area (Å²) < 4.78 is 34.8. The fraction of sp³-hybridized carbons (Fsp3) is 0.391. The molecule has 4 rings (SSSR count). The molecule has 2 aliphatic rings. The van der Waals surface area contributed by atoms with Crippen LogP contribution in [0.2, 0.25) is 0 Å². The van der Waals surface area contributed by atoms with Gasteiger partial charge < -0.3 is 9.84 Å². The third kappa shape index (κ3) is 4.67. The number of hydrogen-bond acceptors (Lipinski definition) is 6. The monoisotopic (exact) mass is 471 g/mol. The first-order valence-corrected chi connectivity index (χ1v) is 12.3. The van der Waals surface area contributed by atoms with Crippen molar-refractivity contribution in [2.45, 2.75) is 32.1 Å². The van der Waals surface area contributed by atoms with Crippen LogP contribution in [0.1, 0.15) is 31.4 Å². The summed E-state index contributed by atoms with van der Waals surface area (Å²) in [7, 11) is -3.70. The zero-order valence-corrected chi connectivity index (χ0v) is 19.6. The molecule has 1 unspecified atom stereocenters. The van der Waals surface area contributed by atoms with Crippen LogP contribution >= 0.6 is 0 Å². The van der Waals surface area contributed by atoms with E-state index in [1.54, 1.807) is 10.8 Å². The highest BCUT2D eigenvalue weighted by Crippen LogP contribution is 2.32. The smallest absolute Gasteiger partial charge is 0.309 e. The largest absolute Gasteiger partial charge is 0.481 e. The van der Waals surface area contributed by atoms with Gasteiger partial charge in [-0.2, -0.15) is 4.31 Å². The van der Waals surface area contributed by atoms with Crippen molar-refractivity contribution < 1.29 is 27.7 Å². The zero-order valence-electron chi connectivity index (χ0n) is 18.8. The Labute approximate surface area is 193 Å². The maximum atomic E-state index is 13.2. The number of hydrogen-bond donors (Lipinski definition) is 1. The summed E-state index contributed by atoms with van der Waals surface area (Å²) >= 11 is 0. The number of aryl methyl sites for hydroxylation is 1. The number of rotatable bonds is 7. The van der Waals surface area contributed by atoms with Gasteiger partial charge in [0, 0.05) is 30.3 Å². The molecule has 2 aliphatic heterocycles. The van der Waals surface area contributed by atoms with Crippen LogP contribution in [0.25, 0.3) is 0 Å². The van der Waals surface area contributed by atoms with E-state index < -0.39 is 16.0 Å². The second-order valence-electron chi connectivity index (χ2n) is 8.36. The Morgan fingerprint density at radius 2 is 2.09 bits per heavy atom. The van der Waals surface area contributed by atoms with Crippen molar-refractivity contribution in [3.63, 3.8) is 0 Å². The maximum absolute atomic E-state index is 13.2. The number of pyridine rings is 1. The lowest BCUT2D eigenvalue weighted by Crippen LogP contribution is -2.29. The molecule has 1 saturated heterocycles. The third-order valence-corrected chi connectivity index (χ3v) is 7.68. The van der Waals surface area contributed by atoms with Crippen LogP contribution < -0.4 is 4.74 Å². The lowest BCUT2D eigenvalue weighted by molar-refractivity contribution is -0.438. The molecule has 0 radical (unpaired) electrons. The average Bonchev–Trinajstić information content (AvgIpc) is 3.29. The summed E-state index contributed by atoms with van der Waals surface area (Å²) in [6.07, 6.45) is 3.05. The van der Waals surface area contributed by atoms with Crippen molar-refractivity contribution in [2.75, 3.05) is 19.7 Å². The molecule has 10 heteroatoms. The van der Waals surface area contributed by atoms with Gasteiger partial charge >= 0.3 is 5.97 Å². The van der Waals surface area contributed by atoms with Gasteiger partial charge in [0.1, 0.15) is 10.6 Å². The van der Waals surface area contributed by atoms with Gasteiger partial charge in [0.05, 0.1) is 30.7 Å². The van der Waals surface area contributed by atoms with Crippen LogP contribution in [-0.2, 0) is 14.8 Å². The topological polar surface area (TPSA) is 112 Å². The number of carboxylic acid groups (broad SMARTS) is 1. The van der Waals surface area contributed by atoms with E-state index in [0.29, 0.717) is 31.3 Å². The molecule has 1 N–H and O–H groups in total. The van der Waals surface area contributed by atoms with Gasteiger partial charge in [-0.25, -0.2) is 13.4 Å². The highest BCUT2D eigenvalue weighted by Gasteiger charge is 2.40. The van der Waals surface area contributed by atoms with Gasteiger partial charge in [0.2, 0.25) is 21.6 Å². The van der Waals surface area contributed by atoms with E-state index >= 15 is 0 Å². The van der Waals surface area contributed by atoms with Crippen LogP contribution in [0.3, 0.4) is 0 Å². The van der Waals surface area contributed by atoms with E-state index in [1.165, 1.54) is 16.6 Å². The van der Waals surface area contributed by atoms with Crippen molar-refractivity contribution in [2.24, 2.45) is 16.9 Å². The predicted molar refractivity (Wildman–Crippen MR) is 123 cm³/mol. The summed E-state index contributed by atoms with van der Waals surface area (Å²) in [4.78, 5) is 15.5. The molecule has 9 nitrogen and oxygen atoms in total. The minimum absolute atomic E-state index is 0.0584. The van der Waals surface area contributed by atoms with E-state index in [-0.39, 0.29) is 23.2 Å². The summed E-state index contributed by atoms with van der Waals surface area (Å²) in [5.41, 5.74) is 3.11. The van der Waals surface area contributed by atoms with Crippen LogP contribution in [0.4, 0.5) is 5.69 Å². The minimum Gasteiger partial charge on any atom is -0.481 e. The lowest BCUT2D eigenvalue weighted by Gasteiger charge is -2.15. The molecule has 0 spiro atoms. The number of carboxylic acids is 1. The number of aromatic nitrogens is 1. The zero-order chi connectivity index (χ0) is 23.8. The number of carbonyl (C=O) groups is 1. The number of nitrogens with zero attached hydrogens (tertiary/aromatic N) is 4. The Morgan fingerprint density at radius 1 is 1.30 bits per heavy atom. The summed E-state index contributed by atoms with van der Waals surface area (Å²) in [6, 6.07) is 8.86. The van der Waals surface area contributed by atoms with Gasteiger partial charge in [0.25, 0.3) is 0 Å². The number of ether oxygens (including phenoxy) is 1. The molecule has 0 saturated carbocycles. The number of fused-ring (bicyclic) bond motifs is 1. The lowest BCUT2D eigenvalue weighted by atomic mass is 9.99. The molecule has 33 heavy (non-hydrogen) atoms. The minimum atomic E-state index is -3.70. The van der Waals surface area contributed by atoms with Crippen molar-refractivity contribution >= 4 is 33.6 Å². The van der Waals surface area contributed by atoms with Gasteiger partial charge in [-0.05, 0) is 37.5 Å². The number of sulfonamides is 1. The SMILES string of the molecule is CCOc1ccc(S(=O)(=O)N2CC(/C=[N+]3/N=C(CC(=O)O)c4cc(C)ccc43)[C@H](C)C2)cn1. The molecule has 1 aromatic carbocycles. The van der Waals surface area contributed by atoms with Crippen LogP contribution in [0, 0.1) is 18.8 Å². The molecule has 0 aliphatic carbocycles. The first kappa shape index (κ1) is 23.1. The molecular formula is C23H27N4O5S+. The van der Waals surface area contributed by atoms with Gasteiger partial charge in [0.15, 0.2) is 6.21 Å². The molecule has 0 bridgehead atoms. The van der Waals surface area contributed by atoms with Crippen LogP contribution in [-0.4, -0.2) is 65.1 Å². The molecule has 3 heterocycles. The van der Waals surface area contributed by atoms with E-state index in [0.717, 1.165) is 16.8 Å². The summed E-state index contributed by atoms with van der Waals surface area (Å²) in [5, 5.41) is 13.8. The van der Waals surface area contributed by atoms with E-state index in [9.17, 15) is 18.3 Å². The number of hydrazone groups is 1. The Bertz CT molecular complexity index is 1240. The standard InChI is InChI=1S/C23H26N4O5S/c1-4-32-22-8-6-18(11-24-22)33(30,31)26-12-16(3)17(13-26)14-27-21-7-5-15(2)9-19(21)20(25-27)10-23(28)29/h5-9,11,14,16-17H,4,10,12-13H2,1-3H3/p+1/b27-14+/t16-,17?/m1/s1. The normalized spacial score (nSPS) is 21.8. The molecule has 1 aromatic heterocycles. The van der Waals surface area contributed by atoms with E-state index in [2.05, 4.69) is 10.1 Å². The summed E-state index contributed by atoms with van der Waals surface area (Å²) in [6.45, 7) is 6.91.